The normalized spacial score (nSPS) is 10.0. The number of halogens is 1. The van der Waals surface area contributed by atoms with E-state index >= 15 is 0 Å². The smallest absolute Gasteiger partial charge is 0.340 e. The molecule has 1 aromatic heterocycles. The van der Waals surface area contributed by atoms with Crippen LogP contribution in [0, 0.1) is 21.4 Å². The van der Waals surface area contributed by atoms with Gasteiger partial charge in [-0.1, -0.05) is 15.9 Å². The highest BCUT2D eigenvalue weighted by Crippen LogP contribution is 2.30. The van der Waals surface area contributed by atoms with Gasteiger partial charge in [0.15, 0.2) is 0 Å². The number of aromatic amines is 1. The molecule has 2 aromatic rings. The molecule has 0 unspecified atom stereocenters. The maximum absolute atomic E-state index is 12.2. The average molecular weight is 392 g/mol. The van der Waals surface area contributed by atoms with Crippen molar-refractivity contribution in [2.75, 3.05) is 7.11 Å². The lowest BCUT2D eigenvalue weighted by Crippen LogP contribution is -2.20. The third-order valence-electron chi connectivity index (χ3n) is 3.30. The molecule has 0 aliphatic rings. The molecule has 1 aromatic carbocycles. The molecule has 1 N–H and O–H groups in total. The molecule has 1 heterocycles. The summed E-state index contributed by atoms with van der Waals surface area (Å²) in [6, 6.07) is 6.97. The number of nitrogens with zero attached hydrogens (tertiary/aromatic N) is 2. The lowest BCUT2D eigenvalue weighted by molar-refractivity contribution is -0.384. The maximum Gasteiger partial charge on any atom is 0.340 e. The minimum absolute atomic E-state index is 0.0272. The van der Waals surface area contributed by atoms with E-state index in [0.29, 0.717) is 5.56 Å². The zero-order valence-corrected chi connectivity index (χ0v) is 13.9. The number of rotatable bonds is 4. The molecule has 0 saturated heterocycles. The van der Waals surface area contributed by atoms with Gasteiger partial charge in [0.25, 0.3) is 11.2 Å². The fourth-order valence-corrected chi connectivity index (χ4v) is 2.64. The number of H-pyrrole nitrogens is 1. The lowest BCUT2D eigenvalue weighted by Gasteiger charge is -2.13. The average Bonchev–Trinajstić information content (AvgIpc) is 2.60. The molecule has 0 atom stereocenters. The zero-order chi connectivity index (χ0) is 17.9. The number of pyridine rings is 1. The number of esters is 1. The summed E-state index contributed by atoms with van der Waals surface area (Å²) in [5.41, 5.74) is -0.397. The van der Waals surface area contributed by atoms with Gasteiger partial charge < -0.3 is 9.72 Å². The minimum Gasteiger partial charge on any atom is -0.465 e. The van der Waals surface area contributed by atoms with Crippen LogP contribution in [0.3, 0.4) is 0 Å². The van der Waals surface area contributed by atoms with Crippen LogP contribution in [0.2, 0.25) is 0 Å². The van der Waals surface area contributed by atoms with Gasteiger partial charge in [0.2, 0.25) is 0 Å². The molecule has 0 bridgehead atoms. The Morgan fingerprint density at radius 3 is 2.50 bits per heavy atom. The van der Waals surface area contributed by atoms with Crippen molar-refractivity contribution in [1.29, 1.82) is 5.26 Å². The van der Waals surface area contributed by atoms with Gasteiger partial charge in [0.05, 0.1) is 17.6 Å². The molecule has 0 aliphatic heterocycles. The van der Waals surface area contributed by atoms with Gasteiger partial charge in [-0.25, -0.2) is 4.79 Å². The SMILES string of the molecule is COC(=O)c1c(CBr)[nH]c(=O)c(C#N)c1-c1ccc([N+](=O)[O-])cc1. The van der Waals surface area contributed by atoms with Crippen molar-refractivity contribution in [3.05, 3.63) is 61.6 Å². The van der Waals surface area contributed by atoms with E-state index in [9.17, 15) is 25.0 Å². The highest BCUT2D eigenvalue weighted by molar-refractivity contribution is 9.08. The number of methoxy groups -OCH3 is 1. The lowest BCUT2D eigenvalue weighted by atomic mass is 9.94. The Hall–Kier alpha value is -2.99. The molecular formula is C15H10BrN3O5. The molecule has 0 fully saturated rings. The van der Waals surface area contributed by atoms with Crippen LogP contribution in [-0.4, -0.2) is 23.0 Å². The predicted molar refractivity (Wildman–Crippen MR) is 87.8 cm³/mol. The van der Waals surface area contributed by atoms with Crippen LogP contribution in [0.4, 0.5) is 5.69 Å². The molecule has 0 spiro atoms. The van der Waals surface area contributed by atoms with E-state index in [4.69, 9.17) is 4.74 Å². The summed E-state index contributed by atoms with van der Waals surface area (Å²) in [6.07, 6.45) is 0. The number of benzene rings is 1. The second-order valence-corrected chi connectivity index (χ2v) is 5.16. The monoisotopic (exact) mass is 391 g/mol. The molecule has 0 saturated carbocycles. The Bertz CT molecular complexity index is 912. The summed E-state index contributed by atoms with van der Waals surface area (Å²) >= 11 is 3.17. The number of hydrogen-bond donors (Lipinski definition) is 1. The number of carbonyl (C=O) groups is 1. The van der Waals surface area contributed by atoms with Gasteiger partial charge in [-0.15, -0.1) is 0 Å². The van der Waals surface area contributed by atoms with Gasteiger partial charge in [-0.3, -0.25) is 14.9 Å². The van der Waals surface area contributed by atoms with Crippen LogP contribution in [-0.2, 0) is 10.1 Å². The largest absolute Gasteiger partial charge is 0.465 e. The Balaban J connectivity index is 2.86. The predicted octanol–water partition coefficient (Wildman–Crippen LogP) is 2.50. The van der Waals surface area contributed by atoms with E-state index in [1.807, 2.05) is 0 Å². The molecule has 8 nitrogen and oxygen atoms in total. The van der Waals surface area contributed by atoms with Crippen LogP contribution in [0.25, 0.3) is 11.1 Å². The first kappa shape index (κ1) is 17.4. The topological polar surface area (TPSA) is 126 Å². The highest BCUT2D eigenvalue weighted by Gasteiger charge is 2.24. The summed E-state index contributed by atoms with van der Waals surface area (Å²) in [5, 5.41) is 20.2. The van der Waals surface area contributed by atoms with E-state index < -0.39 is 16.5 Å². The van der Waals surface area contributed by atoms with Crippen molar-refractivity contribution in [2.24, 2.45) is 0 Å². The summed E-state index contributed by atoms with van der Waals surface area (Å²) in [5.74, 6) is -0.731. The molecular weight excluding hydrogens is 382 g/mol. The second-order valence-electron chi connectivity index (χ2n) is 4.60. The van der Waals surface area contributed by atoms with Crippen molar-refractivity contribution in [2.45, 2.75) is 5.33 Å². The fourth-order valence-electron chi connectivity index (χ4n) is 2.22. The molecule has 0 amide bonds. The molecule has 122 valence electrons. The molecule has 2 rings (SSSR count). The molecule has 0 radical (unpaired) electrons. The van der Waals surface area contributed by atoms with Crippen LogP contribution in [0.1, 0.15) is 21.6 Å². The number of non-ortho nitro benzene ring substituents is 1. The Kier molecular flexibility index (Phi) is 5.11. The maximum atomic E-state index is 12.2. The Morgan fingerprint density at radius 2 is 2.04 bits per heavy atom. The highest BCUT2D eigenvalue weighted by atomic mass is 79.9. The molecule has 0 aliphatic carbocycles. The van der Waals surface area contributed by atoms with Crippen LogP contribution in [0.5, 0.6) is 0 Å². The quantitative estimate of drug-likeness (QED) is 0.369. The van der Waals surface area contributed by atoms with Crippen LogP contribution in [0.15, 0.2) is 29.1 Å². The number of alkyl halides is 1. The van der Waals surface area contributed by atoms with Gasteiger partial charge >= 0.3 is 5.97 Å². The van der Waals surface area contributed by atoms with Crippen molar-refractivity contribution in [1.82, 2.24) is 4.98 Å². The minimum atomic E-state index is -0.731. The number of nitriles is 1. The number of ether oxygens (including phenoxy) is 1. The van der Waals surface area contributed by atoms with Gasteiger partial charge in [-0.2, -0.15) is 5.26 Å². The first-order valence-electron chi connectivity index (χ1n) is 6.53. The number of hydrogen-bond acceptors (Lipinski definition) is 6. The third kappa shape index (κ3) is 3.04. The Labute approximate surface area is 144 Å². The van der Waals surface area contributed by atoms with Gasteiger partial charge in [0.1, 0.15) is 11.6 Å². The summed E-state index contributed by atoms with van der Waals surface area (Å²) in [4.78, 5) is 36.9. The van der Waals surface area contributed by atoms with E-state index in [2.05, 4.69) is 20.9 Å². The number of aromatic nitrogens is 1. The number of nitro groups is 1. The third-order valence-corrected chi connectivity index (χ3v) is 3.86. The number of carbonyl (C=O) groups excluding carboxylic acids is 1. The van der Waals surface area contributed by atoms with Crippen molar-refractivity contribution >= 4 is 27.6 Å². The molecule has 24 heavy (non-hydrogen) atoms. The van der Waals surface area contributed by atoms with Crippen LogP contribution >= 0.6 is 15.9 Å². The zero-order valence-electron chi connectivity index (χ0n) is 12.3. The fraction of sp³-hybridized carbons (Fsp3) is 0.133. The van der Waals surface area contributed by atoms with E-state index in [-0.39, 0.29) is 33.4 Å². The standard InChI is InChI=1S/C15H10BrN3O5/c1-24-15(21)13-11(6-16)18-14(20)10(7-17)12(13)8-2-4-9(5-3-8)19(22)23/h2-5H,6H2,1H3,(H,18,20). The first-order valence-corrected chi connectivity index (χ1v) is 7.65. The van der Waals surface area contributed by atoms with Gasteiger partial charge in [0, 0.05) is 28.7 Å². The first-order chi connectivity index (χ1) is 11.4. The summed E-state index contributed by atoms with van der Waals surface area (Å²) < 4.78 is 4.74. The van der Waals surface area contributed by atoms with Crippen molar-refractivity contribution < 1.29 is 14.5 Å². The van der Waals surface area contributed by atoms with E-state index in [0.717, 1.165) is 0 Å². The summed E-state index contributed by atoms with van der Waals surface area (Å²) in [6.45, 7) is 0. The summed E-state index contributed by atoms with van der Waals surface area (Å²) in [7, 11) is 1.18. The van der Waals surface area contributed by atoms with Crippen molar-refractivity contribution in [3.8, 4) is 17.2 Å². The van der Waals surface area contributed by atoms with E-state index in [1.165, 1.54) is 31.4 Å². The van der Waals surface area contributed by atoms with Crippen molar-refractivity contribution in [3.63, 3.8) is 0 Å². The van der Waals surface area contributed by atoms with Gasteiger partial charge in [-0.05, 0) is 17.7 Å². The Morgan fingerprint density at radius 1 is 1.42 bits per heavy atom. The number of nitrogens with one attached hydrogen (secondary N) is 1. The number of nitro benzene ring substituents is 1. The van der Waals surface area contributed by atoms with Crippen LogP contribution < -0.4 is 5.56 Å². The molecule has 9 heteroatoms. The second kappa shape index (κ2) is 7.06. The van der Waals surface area contributed by atoms with E-state index in [1.54, 1.807) is 6.07 Å².